The van der Waals surface area contributed by atoms with Crippen LogP contribution in [0.1, 0.15) is 43.4 Å². The van der Waals surface area contributed by atoms with Crippen LogP contribution in [-0.4, -0.2) is 12.2 Å². The summed E-state index contributed by atoms with van der Waals surface area (Å²) in [5, 5.41) is 0. The Morgan fingerprint density at radius 2 is 2.00 bits per heavy atom. The smallest absolute Gasteiger partial charge is 0.373 e. The molecule has 1 aromatic rings. The van der Waals surface area contributed by atoms with Crippen LogP contribution >= 0.6 is 0 Å². The molecule has 1 saturated heterocycles. The standard InChI is InChI=1S/C14H19F3N2O/c1-13(8-4-5-9-20-13)12(19-18)10-6-2-3-7-11(10)14(15,16)17/h2-3,6-7,12,19H,4-5,8-9,18H2,1H3. The highest BCUT2D eigenvalue weighted by Gasteiger charge is 2.42. The molecule has 0 radical (unpaired) electrons. The van der Waals surface area contributed by atoms with Crippen molar-refractivity contribution >= 4 is 0 Å². The lowest BCUT2D eigenvalue weighted by molar-refractivity contribution is -0.140. The van der Waals surface area contributed by atoms with Gasteiger partial charge >= 0.3 is 6.18 Å². The molecule has 0 amide bonds. The van der Waals surface area contributed by atoms with Gasteiger partial charge in [0.1, 0.15) is 0 Å². The highest BCUT2D eigenvalue weighted by Crippen LogP contribution is 2.41. The van der Waals surface area contributed by atoms with Crippen LogP contribution < -0.4 is 11.3 Å². The van der Waals surface area contributed by atoms with E-state index in [0.29, 0.717) is 13.0 Å². The lowest BCUT2D eigenvalue weighted by atomic mass is 9.82. The molecule has 20 heavy (non-hydrogen) atoms. The zero-order chi connectivity index (χ0) is 14.8. The first-order chi connectivity index (χ1) is 9.38. The largest absolute Gasteiger partial charge is 0.416 e. The summed E-state index contributed by atoms with van der Waals surface area (Å²) in [6.07, 6.45) is -1.89. The highest BCUT2D eigenvalue weighted by atomic mass is 19.4. The Morgan fingerprint density at radius 3 is 2.55 bits per heavy atom. The molecule has 1 aromatic carbocycles. The molecular weight excluding hydrogens is 269 g/mol. The summed E-state index contributed by atoms with van der Waals surface area (Å²) in [6, 6.07) is 4.80. The van der Waals surface area contributed by atoms with E-state index in [1.54, 1.807) is 6.07 Å². The number of hydrogen-bond donors (Lipinski definition) is 2. The zero-order valence-electron chi connectivity index (χ0n) is 11.3. The first kappa shape index (κ1) is 15.3. The molecule has 0 spiro atoms. The molecule has 3 nitrogen and oxygen atoms in total. The maximum atomic E-state index is 13.1. The Hall–Kier alpha value is -1.11. The van der Waals surface area contributed by atoms with Crippen molar-refractivity contribution in [3.8, 4) is 0 Å². The Morgan fingerprint density at radius 1 is 1.30 bits per heavy atom. The Balaban J connectivity index is 2.42. The van der Waals surface area contributed by atoms with Crippen molar-refractivity contribution in [2.24, 2.45) is 5.84 Å². The van der Waals surface area contributed by atoms with Crippen LogP contribution in [0.4, 0.5) is 13.2 Å². The number of hydrogen-bond acceptors (Lipinski definition) is 3. The fourth-order valence-corrected chi connectivity index (χ4v) is 2.79. The molecule has 0 bridgehead atoms. The van der Waals surface area contributed by atoms with Gasteiger partial charge in [0.15, 0.2) is 0 Å². The summed E-state index contributed by atoms with van der Waals surface area (Å²) in [6.45, 7) is 2.35. The van der Waals surface area contributed by atoms with E-state index in [9.17, 15) is 13.2 Å². The van der Waals surface area contributed by atoms with Gasteiger partial charge in [-0.05, 0) is 37.8 Å². The lowest BCUT2D eigenvalue weighted by Crippen LogP contribution is -2.48. The van der Waals surface area contributed by atoms with Gasteiger partial charge < -0.3 is 4.74 Å². The first-order valence-corrected chi connectivity index (χ1v) is 6.65. The molecule has 0 aromatic heterocycles. The number of hydrazine groups is 1. The minimum absolute atomic E-state index is 0.131. The van der Waals surface area contributed by atoms with E-state index in [1.807, 2.05) is 6.92 Å². The van der Waals surface area contributed by atoms with E-state index < -0.39 is 23.4 Å². The lowest BCUT2D eigenvalue weighted by Gasteiger charge is -2.41. The van der Waals surface area contributed by atoms with Crippen molar-refractivity contribution in [2.75, 3.05) is 6.61 Å². The van der Waals surface area contributed by atoms with Crippen LogP contribution in [0, 0.1) is 0 Å². The van der Waals surface area contributed by atoms with Crippen LogP contribution in [0.5, 0.6) is 0 Å². The van der Waals surface area contributed by atoms with E-state index in [4.69, 9.17) is 10.6 Å². The number of nitrogens with two attached hydrogens (primary N) is 1. The minimum atomic E-state index is -4.41. The molecule has 1 heterocycles. The molecule has 0 saturated carbocycles. The normalized spacial score (nSPS) is 25.4. The van der Waals surface area contributed by atoms with Crippen LogP contribution in [0.25, 0.3) is 0 Å². The molecule has 3 N–H and O–H groups in total. The fraction of sp³-hybridized carbons (Fsp3) is 0.571. The Bertz CT molecular complexity index is 456. The topological polar surface area (TPSA) is 47.3 Å². The van der Waals surface area contributed by atoms with Crippen LogP contribution in [0.15, 0.2) is 24.3 Å². The number of benzene rings is 1. The van der Waals surface area contributed by atoms with Crippen LogP contribution in [0.3, 0.4) is 0 Å². The molecule has 2 unspecified atom stereocenters. The molecule has 6 heteroatoms. The van der Waals surface area contributed by atoms with E-state index >= 15 is 0 Å². The predicted molar refractivity (Wildman–Crippen MR) is 69.7 cm³/mol. The van der Waals surface area contributed by atoms with Gasteiger partial charge in [0.25, 0.3) is 0 Å². The predicted octanol–water partition coefficient (Wildman–Crippen LogP) is 3.17. The Labute approximate surface area is 116 Å². The molecule has 0 aliphatic carbocycles. The maximum Gasteiger partial charge on any atom is 0.416 e. The van der Waals surface area contributed by atoms with E-state index in [1.165, 1.54) is 12.1 Å². The van der Waals surface area contributed by atoms with Crippen LogP contribution in [0.2, 0.25) is 0 Å². The summed E-state index contributed by atoms with van der Waals surface area (Å²) in [7, 11) is 0. The van der Waals surface area contributed by atoms with Gasteiger partial charge in [-0.2, -0.15) is 13.2 Å². The van der Waals surface area contributed by atoms with Crippen molar-refractivity contribution in [1.29, 1.82) is 0 Å². The third-order valence-corrected chi connectivity index (χ3v) is 3.85. The average molecular weight is 288 g/mol. The van der Waals surface area contributed by atoms with E-state index in [0.717, 1.165) is 18.9 Å². The van der Waals surface area contributed by atoms with Gasteiger partial charge in [0.2, 0.25) is 0 Å². The monoisotopic (exact) mass is 288 g/mol. The van der Waals surface area contributed by atoms with Crippen molar-refractivity contribution in [2.45, 2.75) is 44.0 Å². The van der Waals surface area contributed by atoms with Crippen molar-refractivity contribution < 1.29 is 17.9 Å². The number of ether oxygens (including phenoxy) is 1. The third-order valence-electron chi connectivity index (χ3n) is 3.85. The molecule has 1 aliphatic heterocycles. The second kappa shape index (κ2) is 5.71. The number of rotatable bonds is 3. The highest BCUT2D eigenvalue weighted by molar-refractivity contribution is 5.34. The third kappa shape index (κ3) is 2.97. The molecule has 1 fully saturated rings. The fourth-order valence-electron chi connectivity index (χ4n) is 2.79. The second-order valence-electron chi connectivity index (χ2n) is 5.30. The molecule has 112 valence electrons. The van der Waals surface area contributed by atoms with Gasteiger partial charge in [-0.3, -0.25) is 11.3 Å². The summed E-state index contributed by atoms with van der Waals surface area (Å²) < 4.78 is 45.1. The summed E-state index contributed by atoms with van der Waals surface area (Å²) in [4.78, 5) is 0. The number of nitrogens with one attached hydrogen (secondary N) is 1. The van der Waals surface area contributed by atoms with Crippen molar-refractivity contribution in [3.05, 3.63) is 35.4 Å². The summed E-state index contributed by atoms with van der Waals surface area (Å²) in [5.41, 5.74) is 1.25. The van der Waals surface area contributed by atoms with Gasteiger partial charge in [-0.1, -0.05) is 18.2 Å². The molecule has 1 aliphatic rings. The van der Waals surface area contributed by atoms with Gasteiger partial charge in [0, 0.05) is 6.61 Å². The zero-order valence-corrected chi connectivity index (χ0v) is 11.3. The molecule has 2 rings (SSSR count). The van der Waals surface area contributed by atoms with Gasteiger partial charge in [-0.25, -0.2) is 0 Å². The first-order valence-electron chi connectivity index (χ1n) is 6.65. The van der Waals surface area contributed by atoms with E-state index in [-0.39, 0.29) is 5.56 Å². The minimum Gasteiger partial charge on any atom is -0.373 e. The van der Waals surface area contributed by atoms with Crippen molar-refractivity contribution in [3.63, 3.8) is 0 Å². The second-order valence-corrected chi connectivity index (χ2v) is 5.30. The van der Waals surface area contributed by atoms with E-state index in [2.05, 4.69) is 5.43 Å². The summed E-state index contributed by atoms with van der Waals surface area (Å²) in [5.74, 6) is 5.54. The SMILES string of the molecule is CC1(C(NN)c2ccccc2C(F)(F)F)CCCCO1. The van der Waals surface area contributed by atoms with Crippen LogP contribution in [-0.2, 0) is 10.9 Å². The van der Waals surface area contributed by atoms with Gasteiger partial charge in [0.05, 0.1) is 17.2 Å². The molecular formula is C14H19F3N2O. The maximum absolute atomic E-state index is 13.1. The van der Waals surface area contributed by atoms with Gasteiger partial charge in [-0.15, -0.1) is 0 Å². The summed E-state index contributed by atoms with van der Waals surface area (Å²) >= 11 is 0. The van der Waals surface area contributed by atoms with Crippen molar-refractivity contribution in [1.82, 2.24) is 5.43 Å². The molecule has 2 atom stereocenters. The quantitative estimate of drug-likeness (QED) is 0.663. The Kier molecular flexibility index (Phi) is 4.36. The number of alkyl halides is 3. The number of halogens is 3. The average Bonchev–Trinajstić information content (AvgIpc) is 2.39.